The third-order valence-electron chi connectivity index (χ3n) is 3.03. The minimum absolute atomic E-state index is 0.420. The minimum atomic E-state index is -0.885. The van der Waals surface area contributed by atoms with Gasteiger partial charge in [0.25, 0.3) is 0 Å². The third-order valence-corrected chi connectivity index (χ3v) is 3.35. The van der Waals surface area contributed by atoms with Crippen LogP contribution in [0.5, 0.6) is 0 Å². The molecular weight excluding hydrogens is 256 g/mol. The van der Waals surface area contributed by atoms with Crippen LogP contribution < -0.4 is 4.90 Å². The first-order valence-corrected chi connectivity index (χ1v) is 5.97. The van der Waals surface area contributed by atoms with E-state index in [4.69, 9.17) is 16.7 Å². The fourth-order valence-corrected chi connectivity index (χ4v) is 2.18. The molecule has 2 rings (SSSR count). The summed E-state index contributed by atoms with van der Waals surface area (Å²) in [5.41, 5.74) is 1.38. The quantitative estimate of drug-likeness (QED) is 0.833. The largest absolute Gasteiger partial charge is 0.465 e. The average Bonchev–Trinajstić information content (AvgIpc) is 2.38. The van der Waals surface area contributed by atoms with Crippen molar-refractivity contribution in [2.24, 2.45) is 0 Å². The van der Waals surface area contributed by atoms with Crippen LogP contribution in [0.4, 0.5) is 10.5 Å². The van der Waals surface area contributed by atoms with E-state index in [-0.39, 0.29) is 0 Å². The molecule has 1 aliphatic heterocycles. The molecule has 6 heteroatoms. The Morgan fingerprint density at radius 3 is 2.44 bits per heavy atom. The van der Waals surface area contributed by atoms with E-state index in [1.165, 1.54) is 4.90 Å². The molecule has 0 atom stereocenters. The summed E-state index contributed by atoms with van der Waals surface area (Å²) in [6.45, 7) is 2.21. The van der Waals surface area contributed by atoms with E-state index in [1.807, 2.05) is 6.07 Å². The maximum absolute atomic E-state index is 10.8. The van der Waals surface area contributed by atoms with E-state index in [0.717, 1.165) is 5.69 Å². The van der Waals surface area contributed by atoms with E-state index in [2.05, 4.69) is 4.90 Å². The topological polar surface area (TPSA) is 60.9 Å². The van der Waals surface area contributed by atoms with Crippen molar-refractivity contribution >= 4 is 29.7 Å². The molecule has 96 valence electrons. The Kier molecular flexibility index (Phi) is 3.72. The number of anilines is 1. The maximum Gasteiger partial charge on any atom is 0.407 e. The number of piperazine rings is 1. The van der Waals surface area contributed by atoms with E-state index < -0.39 is 6.09 Å². The lowest BCUT2D eigenvalue weighted by molar-refractivity contribution is 0.112. The van der Waals surface area contributed by atoms with Gasteiger partial charge in [-0.15, -0.1) is 0 Å². The lowest BCUT2D eigenvalue weighted by Gasteiger charge is -2.34. The number of nitrogens with zero attached hydrogens (tertiary/aromatic N) is 2. The van der Waals surface area contributed by atoms with Crippen molar-refractivity contribution < 1.29 is 14.7 Å². The van der Waals surface area contributed by atoms with Crippen LogP contribution in [-0.4, -0.2) is 48.6 Å². The van der Waals surface area contributed by atoms with Crippen molar-refractivity contribution in [3.05, 3.63) is 28.8 Å². The van der Waals surface area contributed by atoms with Crippen molar-refractivity contribution in [1.29, 1.82) is 0 Å². The van der Waals surface area contributed by atoms with Crippen LogP contribution in [0.1, 0.15) is 10.4 Å². The number of aldehydes is 1. The zero-order valence-corrected chi connectivity index (χ0v) is 10.4. The number of hydrogen-bond acceptors (Lipinski definition) is 3. The predicted molar refractivity (Wildman–Crippen MR) is 68.7 cm³/mol. The van der Waals surface area contributed by atoms with Crippen LogP contribution in [0.3, 0.4) is 0 Å². The van der Waals surface area contributed by atoms with Gasteiger partial charge in [0.05, 0.1) is 5.02 Å². The molecule has 1 aromatic carbocycles. The molecule has 0 radical (unpaired) electrons. The number of halogens is 1. The van der Waals surface area contributed by atoms with E-state index in [0.29, 0.717) is 43.1 Å². The Balaban J connectivity index is 2.08. The van der Waals surface area contributed by atoms with Crippen LogP contribution in [0.2, 0.25) is 5.02 Å². The second-order valence-electron chi connectivity index (χ2n) is 4.08. The Bertz CT molecular complexity index is 470. The van der Waals surface area contributed by atoms with Crippen molar-refractivity contribution in [2.75, 3.05) is 31.1 Å². The Labute approximate surface area is 110 Å². The molecule has 1 aromatic rings. The second-order valence-corrected chi connectivity index (χ2v) is 4.49. The molecule has 5 nitrogen and oxygen atoms in total. The highest BCUT2D eigenvalue weighted by Gasteiger charge is 2.20. The standard InChI is InChI=1S/C12H13ClN2O3/c13-11-7-10(2-1-9(11)8-16)14-3-5-15(6-4-14)12(17)18/h1-2,7-8H,3-6H2,(H,17,18). The molecule has 1 saturated heterocycles. The summed E-state index contributed by atoms with van der Waals surface area (Å²) in [4.78, 5) is 24.9. The number of carboxylic acid groups (broad SMARTS) is 1. The van der Waals surface area contributed by atoms with Crippen molar-refractivity contribution in [3.8, 4) is 0 Å². The number of carbonyl (C=O) groups is 2. The molecule has 0 spiro atoms. The highest BCUT2D eigenvalue weighted by molar-refractivity contribution is 6.33. The fraction of sp³-hybridized carbons (Fsp3) is 0.333. The zero-order valence-electron chi connectivity index (χ0n) is 9.67. The van der Waals surface area contributed by atoms with Gasteiger partial charge in [0.2, 0.25) is 0 Å². The van der Waals surface area contributed by atoms with Crippen LogP contribution in [0.15, 0.2) is 18.2 Å². The van der Waals surface area contributed by atoms with E-state index in [1.54, 1.807) is 12.1 Å². The summed E-state index contributed by atoms with van der Waals surface area (Å²) >= 11 is 5.97. The second kappa shape index (κ2) is 5.27. The summed E-state index contributed by atoms with van der Waals surface area (Å²) in [5.74, 6) is 0. The van der Waals surface area contributed by atoms with Gasteiger partial charge in [-0.3, -0.25) is 4.79 Å². The molecule has 0 unspecified atom stereocenters. The lowest BCUT2D eigenvalue weighted by atomic mass is 10.2. The van der Waals surface area contributed by atoms with Crippen molar-refractivity contribution in [2.45, 2.75) is 0 Å². The van der Waals surface area contributed by atoms with Crippen molar-refractivity contribution in [1.82, 2.24) is 4.90 Å². The van der Waals surface area contributed by atoms with Gasteiger partial charge in [-0.2, -0.15) is 0 Å². The lowest BCUT2D eigenvalue weighted by Crippen LogP contribution is -2.48. The first-order chi connectivity index (χ1) is 8.61. The fourth-order valence-electron chi connectivity index (χ4n) is 1.96. The van der Waals surface area contributed by atoms with Crippen molar-refractivity contribution in [3.63, 3.8) is 0 Å². The highest BCUT2D eigenvalue weighted by atomic mass is 35.5. The van der Waals surface area contributed by atoms with Crippen LogP contribution in [0.25, 0.3) is 0 Å². The molecule has 1 N–H and O–H groups in total. The predicted octanol–water partition coefficient (Wildman–Crippen LogP) is 1.95. The molecule has 0 bridgehead atoms. The monoisotopic (exact) mass is 268 g/mol. The summed E-state index contributed by atoms with van der Waals surface area (Å²) in [6, 6.07) is 5.24. The van der Waals surface area contributed by atoms with Gasteiger partial charge in [0.1, 0.15) is 0 Å². The Morgan fingerprint density at radius 2 is 1.94 bits per heavy atom. The Morgan fingerprint density at radius 1 is 1.28 bits per heavy atom. The van der Waals surface area contributed by atoms with Gasteiger partial charge in [0.15, 0.2) is 6.29 Å². The summed E-state index contributed by atoms with van der Waals surface area (Å²) in [6.07, 6.45) is -0.168. The van der Waals surface area contributed by atoms with Gasteiger partial charge in [-0.25, -0.2) is 4.79 Å². The highest BCUT2D eigenvalue weighted by Crippen LogP contribution is 2.23. The number of rotatable bonds is 2. The van der Waals surface area contributed by atoms with Gasteiger partial charge in [-0.05, 0) is 18.2 Å². The van der Waals surface area contributed by atoms with Gasteiger partial charge in [-0.1, -0.05) is 11.6 Å². The summed E-state index contributed by atoms with van der Waals surface area (Å²) < 4.78 is 0. The number of amides is 1. The SMILES string of the molecule is O=Cc1ccc(N2CCN(C(=O)O)CC2)cc1Cl. The zero-order chi connectivity index (χ0) is 13.1. The molecule has 1 amide bonds. The maximum atomic E-state index is 10.8. The number of benzene rings is 1. The molecule has 0 saturated carbocycles. The van der Waals surface area contributed by atoms with E-state index in [9.17, 15) is 9.59 Å². The smallest absolute Gasteiger partial charge is 0.407 e. The first-order valence-electron chi connectivity index (χ1n) is 5.59. The number of carbonyl (C=O) groups excluding carboxylic acids is 1. The molecule has 1 heterocycles. The normalized spacial score (nSPS) is 15.6. The van der Waals surface area contributed by atoms with Gasteiger partial charge >= 0.3 is 6.09 Å². The van der Waals surface area contributed by atoms with E-state index >= 15 is 0 Å². The third kappa shape index (κ3) is 2.56. The molecule has 0 aromatic heterocycles. The van der Waals surface area contributed by atoms with Gasteiger partial charge < -0.3 is 14.9 Å². The molecule has 18 heavy (non-hydrogen) atoms. The Hall–Kier alpha value is -1.75. The van der Waals surface area contributed by atoms with Crippen LogP contribution >= 0.6 is 11.6 Å². The average molecular weight is 269 g/mol. The summed E-state index contributed by atoms with van der Waals surface area (Å²) in [5, 5.41) is 9.27. The van der Waals surface area contributed by atoms with Gasteiger partial charge in [0, 0.05) is 37.4 Å². The number of hydrogen-bond donors (Lipinski definition) is 1. The summed E-state index contributed by atoms with van der Waals surface area (Å²) in [7, 11) is 0. The minimum Gasteiger partial charge on any atom is -0.465 e. The molecular formula is C12H13ClN2O3. The molecule has 0 aliphatic carbocycles. The van der Waals surface area contributed by atoms with Crippen LogP contribution in [-0.2, 0) is 0 Å². The molecule has 1 fully saturated rings. The molecule has 1 aliphatic rings. The van der Waals surface area contributed by atoms with Crippen LogP contribution in [0, 0.1) is 0 Å². The first kappa shape index (κ1) is 12.7.